The van der Waals surface area contributed by atoms with Crippen molar-refractivity contribution in [3.05, 3.63) is 35.2 Å². The van der Waals surface area contributed by atoms with Crippen LogP contribution >= 0.6 is 9.24 Å². The van der Waals surface area contributed by atoms with Crippen LogP contribution in [0.4, 0.5) is 0 Å². The standard InChI is InChI=1S/C12H18NO2P/c1-9(7-8-14)13-12(15)10-3-2-4-11(16)6-5-10/h2,4-6,9,14H,3,7-8,16H2,1H3,(H,13,15)/t9-/m0/s1. The molecule has 0 radical (unpaired) electrons. The van der Waals surface area contributed by atoms with E-state index in [0.29, 0.717) is 12.8 Å². The number of hydrogen-bond acceptors (Lipinski definition) is 2. The Balaban J connectivity index is 2.58. The number of allylic oxidation sites excluding steroid dienone is 5. The normalized spacial score (nSPS) is 17.2. The highest BCUT2D eigenvalue weighted by atomic mass is 31.0. The first-order chi connectivity index (χ1) is 7.63. The van der Waals surface area contributed by atoms with Gasteiger partial charge in [-0.2, -0.15) is 0 Å². The number of nitrogens with one attached hydrogen (secondary N) is 1. The minimum Gasteiger partial charge on any atom is -0.396 e. The van der Waals surface area contributed by atoms with E-state index in [0.717, 1.165) is 10.9 Å². The van der Waals surface area contributed by atoms with Crippen molar-refractivity contribution in [2.45, 2.75) is 25.8 Å². The Morgan fingerprint density at radius 2 is 2.38 bits per heavy atom. The second kappa shape index (κ2) is 6.62. The van der Waals surface area contributed by atoms with Crippen LogP contribution in [0.5, 0.6) is 0 Å². The summed E-state index contributed by atoms with van der Waals surface area (Å²) < 4.78 is 0. The summed E-state index contributed by atoms with van der Waals surface area (Å²) in [5.74, 6) is -0.0541. The summed E-state index contributed by atoms with van der Waals surface area (Å²) in [6.07, 6.45) is 8.90. The van der Waals surface area contributed by atoms with Gasteiger partial charge in [0.15, 0.2) is 0 Å². The lowest BCUT2D eigenvalue weighted by molar-refractivity contribution is -0.118. The summed E-state index contributed by atoms with van der Waals surface area (Å²) in [4.78, 5) is 11.8. The van der Waals surface area contributed by atoms with Crippen molar-refractivity contribution in [3.8, 4) is 0 Å². The molecule has 2 atom stereocenters. The largest absolute Gasteiger partial charge is 0.396 e. The summed E-state index contributed by atoms with van der Waals surface area (Å²) >= 11 is 0. The lowest BCUT2D eigenvalue weighted by atomic mass is 10.1. The number of hydrogen-bond donors (Lipinski definition) is 2. The first-order valence-corrected chi connectivity index (χ1v) is 5.96. The molecule has 0 aromatic heterocycles. The molecule has 0 aromatic carbocycles. The van der Waals surface area contributed by atoms with Crippen LogP contribution in [-0.2, 0) is 4.79 Å². The van der Waals surface area contributed by atoms with Crippen LogP contribution in [0, 0.1) is 0 Å². The molecule has 0 saturated heterocycles. The highest BCUT2D eigenvalue weighted by molar-refractivity contribution is 7.22. The van der Waals surface area contributed by atoms with Gasteiger partial charge < -0.3 is 10.4 Å². The molecular weight excluding hydrogens is 221 g/mol. The maximum Gasteiger partial charge on any atom is 0.247 e. The van der Waals surface area contributed by atoms with Gasteiger partial charge in [0.05, 0.1) is 0 Å². The Morgan fingerprint density at radius 3 is 3.06 bits per heavy atom. The molecule has 4 heteroatoms. The number of aliphatic hydroxyl groups is 1. The van der Waals surface area contributed by atoms with Gasteiger partial charge in [-0.15, -0.1) is 9.24 Å². The maximum atomic E-state index is 11.8. The van der Waals surface area contributed by atoms with Crippen molar-refractivity contribution in [2.24, 2.45) is 0 Å². The Morgan fingerprint density at radius 1 is 1.62 bits per heavy atom. The molecular formula is C12H18NO2P. The molecule has 0 heterocycles. The number of rotatable bonds is 4. The fraction of sp³-hybridized carbons (Fsp3) is 0.417. The van der Waals surface area contributed by atoms with Crippen LogP contribution in [0.2, 0.25) is 0 Å². The molecule has 1 unspecified atom stereocenters. The summed E-state index contributed by atoms with van der Waals surface area (Å²) in [6.45, 7) is 1.98. The highest BCUT2D eigenvalue weighted by Gasteiger charge is 2.11. The third kappa shape index (κ3) is 4.30. The van der Waals surface area contributed by atoms with Crippen molar-refractivity contribution in [1.29, 1.82) is 0 Å². The van der Waals surface area contributed by atoms with Gasteiger partial charge in [0, 0.05) is 18.2 Å². The van der Waals surface area contributed by atoms with Crippen LogP contribution < -0.4 is 5.32 Å². The van der Waals surface area contributed by atoms with Crippen LogP contribution in [0.25, 0.3) is 0 Å². The number of aliphatic hydroxyl groups excluding tert-OH is 1. The van der Waals surface area contributed by atoms with E-state index in [2.05, 4.69) is 14.6 Å². The van der Waals surface area contributed by atoms with Crippen LogP contribution in [0.3, 0.4) is 0 Å². The van der Waals surface area contributed by atoms with E-state index in [1.165, 1.54) is 0 Å². The van der Waals surface area contributed by atoms with E-state index in [9.17, 15) is 4.79 Å². The Kier molecular flexibility index (Phi) is 5.44. The molecule has 88 valence electrons. The third-order valence-electron chi connectivity index (χ3n) is 2.36. The molecule has 0 bridgehead atoms. The number of carbonyl (C=O) groups excluding carboxylic acids is 1. The molecule has 1 aliphatic carbocycles. The Hall–Kier alpha value is -0.920. The molecule has 1 amide bonds. The second-order valence-corrected chi connectivity index (χ2v) is 4.52. The predicted molar refractivity (Wildman–Crippen MR) is 68.9 cm³/mol. The first kappa shape index (κ1) is 13.1. The van der Waals surface area contributed by atoms with E-state index in [1.54, 1.807) is 0 Å². The van der Waals surface area contributed by atoms with Crippen molar-refractivity contribution >= 4 is 15.1 Å². The topological polar surface area (TPSA) is 49.3 Å². The van der Waals surface area contributed by atoms with E-state index < -0.39 is 0 Å². The first-order valence-electron chi connectivity index (χ1n) is 5.38. The van der Waals surface area contributed by atoms with Gasteiger partial charge in [0.2, 0.25) is 5.91 Å². The van der Waals surface area contributed by atoms with E-state index in [1.807, 2.05) is 31.2 Å². The lowest BCUT2D eigenvalue weighted by Crippen LogP contribution is -2.34. The second-order valence-electron chi connectivity index (χ2n) is 3.85. The maximum absolute atomic E-state index is 11.8. The Bertz CT molecular complexity index is 345. The summed E-state index contributed by atoms with van der Waals surface area (Å²) in [5, 5.41) is 12.7. The third-order valence-corrected chi connectivity index (χ3v) is 2.74. The predicted octanol–water partition coefficient (Wildman–Crippen LogP) is 1.52. The van der Waals surface area contributed by atoms with E-state index in [4.69, 9.17) is 5.11 Å². The van der Waals surface area contributed by atoms with Gasteiger partial charge in [-0.1, -0.05) is 24.3 Å². The molecule has 3 nitrogen and oxygen atoms in total. The zero-order valence-electron chi connectivity index (χ0n) is 9.44. The van der Waals surface area contributed by atoms with Crippen LogP contribution in [-0.4, -0.2) is 23.7 Å². The lowest BCUT2D eigenvalue weighted by Gasteiger charge is -2.13. The molecule has 0 fully saturated rings. The fourth-order valence-corrected chi connectivity index (χ4v) is 1.63. The van der Waals surface area contributed by atoms with Crippen molar-refractivity contribution in [1.82, 2.24) is 5.32 Å². The van der Waals surface area contributed by atoms with Crippen molar-refractivity contribution in [3.63, 3.8) is 0 Å². The number of amides is 1. The smallest absolute Gasteiger partial charge is 0.247 e. The Labute approximate surface area is 98.5 Å². The van der Waals surface area contributed by atoms with Gasteiger partial charge in [0.25, 0.3) is 0 Å². The monoisotopic (exact) mass is 239 g/mol. The van der Waals surface area contributed by atoms with Gasteiger partial charge >= 0.3 is 0 Å². The number of carbonyl (C=O) groups is 1. The molecule has 0 aliphatic heterocycles. The van der Waals surface area contributed by atoms with Gasteiger partial charge in [0.1, 0.15) is 0 Å². The molecule has 1 aliphatic rings. The van der Waals surface area contributed by atoms with Crippen LogP contribution in [0.1, 0.15) is 19.8 Å². The molecule has 0 spiro atoms. The molecule has 0 aromatic rings. The summed E-state index contributed by atoms with van der Waals surface area (Å²) in [6, 6.07) is 0.00471. The average molecular weight is 239 g/mol. The minimum atomic E-state index is -0.0541. The fourth-order valence-electron chi connectivity index (χ4n) is 1.39. The molecule has 2 N–H and O–H groups in total. The van der Waals surface area contributed by atoms with Gasteiger partial charge in [-0.05, 0) is 25.1 Å². The average Bonchev–Trinajstić information content (AvgIpc) is 2.43. The minimum absolute atomic E-state index is 0.00471. The molecule has 16 heavy (non-hydrogen) atoms. The summed E-state index contributed by atoms with van der Waals surface area (Å²) in [7, 11) is 2.60. The van der Waals surface area contributed by atoms with Crippen molar-refractivity contribution in [2.75, 3.05) is 6.61 Å². The SMILES string of the molecule is C[C@@H](CCO)NC(=O)C1=CC=C(P)C=CC1. The molecule has 0 saturated carbocycles. The van der Waals surface area contributed by atoms with E-state index in [-0.39, 0.29) is 18.6 Å². The zero-order chi connectivity index (χ0) is 12.0. The molecule has 1 rings (SSSR count). The van der Waals surface area contributed by atoms with E-state index >= 15 is 0 Å². The quantitative estimate of drug-likeness (QED) is 0.731. The zero-order valence-corrected chi connectivity index (χ0v) is 10.6. The highest BCUT2D eigenvalue weighted by Crippen LogP contribution is 2.15. The van der Waals surface area contributed by atoms with Gasteiger partial charge in [-0.25, -0.2) is 0 Å². The van der Waals surface area contributed by atoms with Crippen molar-refractivity contribution < 1.29 is 9.90 Å². The van der Waals surface area contributed by atoms with Crippen LogP contribution in [0.15, 0.2) is 35.2 Å². The summed E-state index contributed by atoms with van der Waals surface area (Å²) in [5.41, 5.74) is 0.749. The van der Waals surface area contributed by atoms with Gasteiger partial charge in [-0.3, -0.25) is 4.79 Å².